The smallest absolute Gasteiger partial charge is 0.00197 e. The van der Waals surface area contributed by atoms with Crippen LogP contribution < -0.4 is 5.32 Å². The van der Waals surface area contributed by atoms with E-state index in [9.17, 15) is 0 Å². The highest BCUT2D eigenvalue weighted by Gasteiger charge is 2.45. The Hall–Kier alpha value is -0.300. The summed E-state index contributed by atoms with van der Waals surface area (Å²) < 4.78 is 0. The van der Waals surface area contributed by atoms with Gasteiger partial charge in [0.25, 0.3) is 0 Å². The summed E-state index contributed by atoms with van der Waals surface area (Å²) in [5.74, 6) is 2.37. The first-order valence-electron chi connectivity index (χ1n) is 5.54. The van der Waals surface area contributed by atoms with Crippen molar-refractivity contribution in [3.05, 3.63) is 12.2 Å². The molecule has 1 saturated heterocycles. The number of allylic oxidation sites excluding steroid dienone is 1. The average Bonchev–Trinajstić information content (AvgIpc) is 2.22. The van der Waals surface area contributed by atoms with Crippen LogP contribution in [-0.4, -0.2) is 13.1 Å². The third-order valence-corrected chi connectivity index (χ3v) is 4.41. The van der Waals surface area contributed by atoms with Crippen molar-refractivity contribution in [2.75, 3.05) is 13.1 Å². The van der Waals surface area contributed by atoms with Crippen molar-refractivity contribution in [3.63, 3.8) is 0 Å². The zero-order valence-electron chi connectivity index (χ0n) is 9.01. The molecule has 0 saturated carbocycles. The van der Waals surface area contributed by atoms with Gasteiger partial charge >= 0.3 is 0 Å². The van der Waals surface area contributed by atoms with Gasteiger partial charge < -0.3 is 5.32 Å². The highest BCUT2D eigenvalue weighted by Crippen LogP contribution is 2.50. The molecule has 2 bridgehead atoms. The van der Waals surface area contributed by atoms with Crippen molar-refractivity contribution in [2.45, 2.75) is 27.2 Å². The highest BCUT2D eigenvalue weighted by molar-refractivity contribution is 5.15. The van der Waals surface area contributed by atoms with Gasteiger partial charge in [0.2, 0.25) is 0 Å². The van der Waals surface area contributed by atoms with Gasteiger partial charge in [-0.05, 0) is 36.1 Å². The lowest BCUT2D eigenvalue weighted by atomic mass is 9.65. The van der Waals surface area contributed by atoms with Crippen LogP contribution in [0.2, 0.25) is 0 Å². The summed E-state index contributed by atoms with van der Waals surface area (Å²) in [6.07, 6.45) is 6.23. The molecule has 1 aliphatic heterocycles. The lowest BCUT2D eigenvalue weighted by Crippen LogP contribution is -2.36. The molecule has 0 spiro atoms. The molecular weight excluding hydrogens is 158 g/mol. The lowest BCUT2D eigenvalue weighted by Gasteiger charge is -2.39. The Morgan fingerprint density at radius 2 is 2.00 bits per heavy atom. The Kier molecular flexibility index (Phi) is 2.23. The fraction of sp³-hybridized carbons (Fsp3) is 0.833. The molecule has 3 unspecified atom stereocenters. The number of nitrogens with one attached hydrogen (secondary N) is 1. The summed E-state index contributed by atoms with van der Waals surface area (Å²) >= 11 is 0. The third kappa shape index (κ3) is 1.25. The quantitative estimate of drug-likeness (QED) is 0.610. The van der Waals surface area contributed by atoms with Gasteiger partial charge in [0.1, 0.15) is 0 Å². The normalized spacial score (nSPS) is 44.0. The molecule has 1 aliphatic carbocycles. The molecule has 0 radical (unpaired) electrons. The van der Waals surface area contributed by atoms with Gasteiger partial charge in [-0.1, -0.05) is 32.9 Å². The van der Waals surface area contributed by atoms with E-state index in [-0.39, 0.29) is 0 Å². The Labute approximate surface area is 81.6 Å². The van der Waals surface area contributed by atoms with Crippen LogP contribution in [0.25, 0.3) is 0 Å². The molecule has 3 atom stereocenters. The summed E-state index contributed by atoms with van der Waals surface area (Å²) in [5.41, 5.74) is 0.517. The van der Waals surface area contributed by atoms with Crippen LogP contribution in [0.3, 0.4) is 0 Å². The molecular formula is C12H21N. The minimum atomic E-state index is 0.517. The molecule has 0 aromatic heterocycles. The van der Waals surface area contributed by atoms with E-state index in [1.165, 1.54) is 19.5 Å². The highest BCUT2D eigenvalue weighted by atomic mass is 14.9. The van der Waals surface area contributed by atoms with Crippen molar-refractivity contribution < 1.29 is 0 Å². The van der Waals surface area contributed by atoms with Gasteiger partial charge in [0, 0.05) is 6.54 Å². The van der Waals surface area contributed by atoms with Crippen LogP contribution in [0.1, 0.15) is 27.2 Å². The van der Waals surface area contributed by atoms with Gasteiger partial charge in [-0.25, -0.2) is 0 Å². The first-order valence-corrected chi connectivity index (χ1v) is 5.54. The topological polar surface area (TPSA) is 12.0 Å². The molecule has 0 amide bonds. The second-order valence-corrected chi connectivity index (χ2v) is 5.11. The standard InChI is InChI=1S/C12H21N/c1-9(2)12(3)10-4-5-11(12)8-13-7-6-10/h4-5,9-11,13H,6-8H2,1-3H3. The first kappa shape index (κ1) is 9.26. The van der Waals surface area contributed by atoms with E-state index >= 15 is 0 Å². The van der Waals surface area contributed by atoms with Crippen molar-refractivity contribution in [1.29, 1.82) is 0 Å². The summed E-state index contributed by atoms with van der Waals surface area (Å²) in [4.78, 5) is 0. The van der Waals surface area contributed by atoms with Gasteiger partial charge in [-0.2, -0.15) is 0 Å². The summed E-state index contributed by atoms with van der Waals surface area (Å²) in [7, 11) is 0. The maximum absolute atomic E-state index is 3.54. The molecule has 2 aliphatic rings. The fourth-order valence-electron chi connectivity index (χ4n) is 3.02. The van der Waals surface area contributed by atoms with Gasteiger partial charge in [-0.3, -0.25) is 0 Å². The maximum atomic E-state index is 3.54. The Morgan fingerprint density at radius 3 is 2.69 bits per heavy atom. The van der Waals surface area contributed by atoms with Crippen LogP contribution in [0.4, 0.5) is 0 Å². The number of hydrogen-bond donors (Lipinski definition) is 1. The molecule has 0 aromatic rings. The number of rotatable bonds is 1. The minimum absolute atomic E-state index is 0.517. The lowest BCUT2D eigenvalue weighted by molar-refractivity contribution is 0.113. The molecule has 13 heavy (non-hydrogen) atoms. The van der Waals surface area contributed by atoms with Crippen LogP contribution in [0.5, 0.6) is 0 Å². The largest absolute Gasteiger partial charge is 0.316 e. The zero-order chi connectivity index (χ0) is 9.47. The predicted molar refractivity (Wildman–Crippen MR) is 56.6 cm³/mol. The molecule has 1 heteroatoms. The number of fused-ring (bicyclic) bond motifs is 2. The summed E-state index contributed by atoms with van der Waals surface area (Å²) in [6.45, 7) is 9.60. The van der Waals surface area contributed by atoms with Crippen LogP contribution in [0.15, 0.2) is 12.2 Å². The predicted octanol–water partition coefficient (Wildman–Crippen LogP) is 2.44. The second kappa shape index (κ2) is 3.13. The molecule has 2 rings (SSSR count). The van der Waals surface area contributed by atoms with Crippen molar-refractivity contribution in [2.24, 2.45) is 23.2 Å². The molecule has 1 N–H and O–H groups in total. The van der Waals surface area contributed by atoms with Crippen LogP contribution >= 0.6 is 0 Å². The molecule has 1 heterocycles. The third-order valence-electron chi connectivity index (χ3n) is 4.41. The molecule has 1 fully saturated rings. The van der Waals surface area contributed by atoms with E-state index in [2.05, 4.69) is 38.2 Å². The van der Waals surface area contributed by atoms with Crippen LogP contribution in [-0.2, 0) is 0 Å². The van der Waals surface area contributed by atoms with E-state index in [0.29, 0.717) is 5.41 Å². The van der Waals surface area contributed by atoms with Crippen molar-refractivity contribution in [3.8, 4) is 0 Å². The number of hydrogen-bond acceptors (Lipinski definition) is 1. The van der Waals surface area contributed by atoms with Gasteiger partial charge in [-0.15, -0.1) is 0 Å². The summed E-state index contributed by atoms with van der Waals surface area (Å²) in [6, 6.07) is 0. The molecule has 1 nitrogen and oxygen atoms in total. The monoisotopic (exact) mass is 179 g/mol. The average molecular weight is 179 g/mol. The Morgan fingerprint density at radius 1 is 1.31 bits per heavy atom. The van der Waals surface area contributed by atoms with E-state index in [1.54, 1.807) is 0 Å². The second-order valence-electron chi connectivity index (χ2n) is 5.11. The maximum Gasteiger partial charge on any atom is 0.00197 e. The molecule has 0 aromatic carbocycles. The SMILES string of the molecule is CC(C)C1(C)C2C=CC1CNCC2. The first-order chi connectivity index (χ1) is 6.15. The Bertz CT molecular complexity index is 201. The molecule has 74 valence electrons. The fourth-order valence-corrected chi connectivity index (χ4v) is 3.02. The summed E-state index contributed by atoms with van der Waals surface area (Å²) in [5, 5.41) is 3.54. The Balaban J connectivity index is 2.28. The van der Waals surface area contributed by atoms with Crippen molar-refractivity contribution >= 4 is 0 Å². The van der Waals surface area contributed by atoms with E-state index in [0.717, 1.165) is 17.8 Å². The van der Waals surface area contributed by atoms with Crippen molar-refractivity contribution in [1.82, 2.24) is 5.32 Å². The van der Waals surface area contributed by atoms with Gasteiger partial charge in [0.05, 0.1) is 0 Å². The minimum Gasteiger partial charge on any atom is -0.316 e. The van der Waals surface area contributed by atoms with E-state index in [4.69, 9.17) is 0 Å². The van der Waals surface area contributed by atoms with Gasteiger partial charge in [0.15, 0.2) is 0 Å². The van der Waals surface area contributed by atoms with E-state index in [1.807, 2.05) is 0 Å². The van der Waals surface area contributed by atoms with Crippen LogP contribution in [0, 0.1) is 23.2 Å². The van der Waals surface area contributed by atoms with E-state index < -0.39 is 0 Å². The zero-order valence-corrected chi connectivity index (χ0v) is 9.01.